The van der Waals surface area contributed by atoms with Crippen LogP contribution in [0, 0.1) is 0 Å². The van der Waals surface area contributed by atoms with E-state index in [2.05, 4.69) is 37.4 Å². The van der Waals surface area contributed by atoms with Crippen LogP contribution in [0.1, 0.15) is 18.9 Å². The first kappa shape index (κ1) is 16.8. The average Bonchev–Trinajstić information content (AvgIpc) is 2.39. The molecule has 0 amide bonds. The zero-order valence-corrected chi connectivity index (χ0v) is 12.0. The first-order valence-electron chi connectivity index (χ1n) is 6.38. The molecular formula is C15H27N3. The SMILES string of the molecule is C=Cc1ccccc1.CCCN.CN1CN(C)C1. The normalized spacial score (nSPS) is 14.4. The van der Waals surface area contributed by atoms with Crippen LogP contribution in [0.15, 0.2) is 36.9 Å². The number of nitrogens with two attached hydrogens (primary N) is 1. The maximum atomic E-state index is 5.03. The highest BCUT2D eigenvalue weighted by atomic mass is 15.5. The summed E-state index contributed by atoms with van der Waals surface area (Å²) in [5, 5.41) is 0. The standard InChI is InChI=1S/C8H8.C4H10N2.C3H9N/c1-2-8-6-4-3-5-7-8;1-5-3-6(2)4-5;1-2-3-4/h2-7H,1H2;3-4H2,1-2H3;2-4H2,1H3. The van der Waals surface area contributed by atoms with Crippen molar-refractivity contribution in [2.75, 3.05) is 34.0 Å². The minimum Gasteiger partial charge on any atom is -0.330 e. The van der Waals surface area contributed by atoms with Crippen LogP contribution in [-0.4, -0.2) is 43.8 Å². The van der Waals surface area contributed by atoms with E-state index in [0.29, 0.717) is 0 Å². The molecule has 1 aromatic carbocycles. The Morgan fingerprint density at radius 3 is 1.78 bits per heavy atom. The molecule has 1 aliphatic rings. The lowest BCUT2D eigenvalue weighted by atomic mass is 10.2. The van der Waals surface area contributed by atoms with Gasteiger partial charge in [-0.3, -0.25) is 9.80 Å². The molecule has 0 unspecified atom stereocenters. The molecule has 1 fully saturated rings. The number of benzene rings is 1. The van der Waals surface area contributed by atoms with Gasteiger partial charge in [-0.25, -0.2) is 0 Å². The van der Waals surface area contributed by atoms with E-state index in [1.54, 1.807) is 0 Å². The van der Waals surface area contributed by atoms with Crippen molar-refractivity contribution in [2.24, 2.45) is 5.73 Å². The van der Waals surface area contributed by atoms with Crippen molar-refractivity contribution in [1.29, 1.82) is 0 Å². The van der Waals surface area contributed by atoms with Gasteiger partial charge >= 0.3 is 0 Å². The van der Waals surface area contributed by atoms with Crippen molar-refractivity contribution in [3.8, 4) is 0 Å². The predicted octanol–water partition coefficient (Wildman–Crippen LogP) is 2.46. The van der Waals surface area contributed by atoms with E-state index in [0.717, 1.165) is 26.3 Å². The summed E-state index contributed by atoms with van der Waals surface area (Å²) in [5.41, 5.74) is 6.20. The van der Waals surface area contributed by atoms with E-state index in [4.69, 9.17) is 5.73 Å². The van der Waals surface area contributed by atoms with Gasteiger partial charge in [0.2, 0.25) is 0 Å². The van der Waals surface area contributed by atoms with E-state index in [-0.39, 0.29) is 0 Å². The summed E-state index contributed by atoms with van der Waals surface area (Å²) in [6.07, 6.45) is 2.93. The van der Waals surface area contributed by atoms with Gasteiger partial charge in [0.05, 0.1) is 13.3 Å². The quantitative estimate of drug-likeness (QED) is 0.874. The molecule has 18 heavy (non-hydrogen) atoms. The van der Waals surface area contributed by atoms with E-state index in [1.807, 2.05) is 36.4 Å². The summed E-state index contributed by atoms with van der Waals surface area (Å²) >= 11 is 0. The topological polar surface area (TPSA) is 32.5 Å². The van der Waals surface area contributed by atoms with Crippen molar-refractivity contribution in [2.45, 2.75) is 13.3 Å². The molecule has 3 heteroatoms. The number of hydrogen-bond acceptors (Lipinski definition) is 3. The van der Waals surface area contributed by atoms with Crippen molar-refractivity contribution in [1.82, 2.24) is 9.80 Å². The molecule has 0 spiro atoms. The highest BCUT2D eigenvalue weighted by Crippen LogP contribution is 1.98. The Kier molecular flexibility index (Phi) is 10.3. The van der Waals surface area contributed by atoms with E-state index < -0.39 is 0 Å². The summed E-state index contributed by atoms with van der Waals surface area (Å²) < 4.78 is 0. The molecule has 0 bridgehead atoms. The lowest BCUT2D eigenvalue weighted by Crippen LogP contribution is -2.50. The first-order chi connectivity index (χ1) is 8.63. The first-order valence-corrected chi connectivity index (χ1v) is 6.38. The summed E-state index contributed by atoms with van der Waals surface area (Å²) in [7, 11) is 4.22. The third-order valence-electron chi connectivity index (χ3n) is 2.29. The second-order valence-electron chi connectivity index (χ2n) is 4.40. The lowest BCUT2D eigenvalue weighted by Gasteiger charge is -2.36. The predicted molar refractivity (Wildman–Crippen MR) is 81.1 cm³/mol. The van der Waals surface area contributed by atoms with Crippen LogP contribution in [0.3, 0.4) is 0 Å². The minimum absolute atomic E-state index is 0.819. The Morgan fingerprint density at radius 1 is 1.17 bits per heavy atom. The van der Waals surface area contributed by atoms with Gasteiger partial charge in [0.15, 0.2) is 0 Å². The van der Waals surface area contributed by atoms with Crippen LogP contribution in [0.5, 0.6) is 0 Å². The Morgan fingerprint density at radius 2 is 1.61 bits per heavy atom. The van der Waals surface area contributed by atoms with Crippen LogP contribution in [0.25, 0.3) is 6.08 Å². The van der Waals surface area contributed by atoms with E-state index in [9.17, 15) is 0 Å². The van der Waals surface area contributed by atoms with Crippen LogP contribution in [0.4, 0.5) is 0 Å². The second-order valence-corrected chi connectivity index (χ2v) is 4.40. The van der Waals surface area contributed by atoms with Crippen molar-refractivity contribution in [3.05, 3.63) is 42.5 Å². The smallest absolute Gasteiger partial charge is 0.0523 e. The molecule has 102 valence electrons. The fraction of sp³-hybridized carbons (Fsp3) is 0.467. The van der Waals surface area contributed by atoms with Gasteiger partial charge < -0.3 is 5.73 Å². The lowest BCUT2D eigenvalue weighted by molar-refractivity contribution is 0.0149. The number of hydrogen-bond donors (Lipinski definition) is 1. The van der Waals surface area contributed by atoms with Crippen LogP contribution in [0.2, 0.25) is 0 Å². The summed E-state index contributed by atoms with van der Waals surface area (Å²) in [6.45, 7) is 8.78. The van der Waals surface area contributed by atoms with Crippen LogP contribution >= 0.6 is 0 Å². The van der Waals surface area contributed by atoms with Gasteiger partial charge in [-0.2, -0.15) is 0 Å². The van der Waals surface area contributed by atoms with Gasteiger partial charge in [0.1, 0.15) is 0 Å². The molecule has 0 radical (unpaired) electrons. The number of rotatable bonds is 2. The third kappa shape index (κ3) is 8.93. The Labute approximate surface area is 112 Å². The van der Waals surface area contributed by atoms with Crippen LogP contribution in [-0.2, 0) is 0 Å². The molecular weight excluding hydrogens is 222 g/mol. The molecule has 2 rings (SSSR count). The monoisotopic (exact) mass is 249 g/mol. The number of nitrogens with zero attached hydrogens (tertiary/aromatic N) is 2. The van der Waals surface area contributed by atoms with Crippen molar-refractivity contribution >= 4 is 6.08 Å². The summed E-state index contributed by atoms with van der Waals surface area (Å²) in [6, 6.07) is 10.0. The molecule has 3 nitrogen and oxygen atoms in total. The van der Waals surface area contributed by atoms with E-state index in [1.165, 1.54) is 5.56 Å². The zero-order valence-electron chi connectivity index (χ0n) is 12.0. The molecule has 1 saturated heterocycles. The second kappa shape index (κ2) is 11.0. The van der Waals surface area contributed by atoms with Gasteiger partial charge in [-0.15, -0.1) is 0 Å². The summed E-state index contributed by atoms with van der Waals surface area (Å²) in [5.74, 6) is 0. The Balaban J connectivity index is 0.000000257. The van der Waals surface area contributed by atoms with Gasteiger partial charge in [-0.05, 0) is 32.6 Å². The molecule has 0 aliphatic carbocycles. The highest BCUT2D eigenvalue weighted by molar-refractivity contribution is 5.45. The Bertz CT molecular complexity index is 284. The van der Waals surface area contributed by atoms with E-state index >= 15 is 0 Å². The maximum absolute atomic E-state index is 5.03. The maximum Gasteiger partial charge on any atom is 0.0523 e. The molecule has 0 atom stereocenters. The molecule has 1 aliphatic heterocycles. The summed E-state index contributed by atoms with van der Waals surface area (Å²) in [4.78, 5) is 4.50. The van der Waals surface area contributed by atoms with Gasteiger partial charge in [0.25, 0.3) is 0 Å². The third-order valence-corrected chi connectivity index (χ3v) is 2.29. The fourth-order valence-corrected chi connectivity index (χ4v) is 1.37. The molecule has 1 heterocycles. The Hall–Kier alpha value is -1.16. The van der Waals surface area contributed by atoms with Gasteiger partial charge in [-0.1, -0.05) is 49.9 Å². The average molecular weight is 249 g/mol. The molecule has 0 saturated carbocycles. The van der Waals surface area contributed by atoms with Crippen molar-refractivity contribution < 1.29 is 0 Å². The molecule has 0 aromatic heterocycles. The highest BCUT2D eigenvalue weighted by Gasteiger charge is 2.12. The largest absolute Gasteiger partial charge is 0.330 e. The molecule has 1 aromatic rings. The zero-order chi connectivity index (χ0) is 13.8. The molecule has 2 N–H and O–H groups in total. The van der Waals surface area contributed by atoms with Crippen LogP contribution < -0.4 is 5.73 Å². The van der Waals surface area contributed by atoms with Gasteiger partial charge in [0, 0.05) is 0 Å². The fourth-order valence-electron chi connectivity index (χ4n) is 1.37. The minimum atomic E-state index is 0.819. The van der Waals surface area contributed by atoms with Crippen molar-refractivity contribution in [3.63, 3.8) is 0 Å².